The lowest BCUT2D eigenvalue weighted by atomic mass is 10.1. The molecule has 6 N–H and O–H groups in total. The molecule has 15 heteroatoms. The predicted molar refractivity (Wildman–Crippen MR) is 140 cm³/mol. The first kappa shape index (κ1) is 27.4. The van der Waals surface area contributed by atoms with Crippen LogP contribution in [0.2, 0.25) is 0 Å². The average molecular weight is 562 g/mol. The van der Waals surface area contributed by atoms with Gasteiger partial charge in [-0.3, -0.25) is 10.1 Å². The Hall–Kier alpha value is -3.66. The molecule has 0 saturated carbocycles. The Balaban J connectivity index is 1.54. The number of primary sulfonamides is 1. The van der Waals surface area contributed by atoms with Gasteiger partial charge in [0, 0.05) is 25.7 Å². The van der Waals surface area contributed by atoms with Crippen molar-refractivity contribution in [3.05, 3.63) is 52.2 Å². The summed E-state index contributed by atoms with van der Waals surface area (Å²) >= 11 is 0.944. The number of nitrogens with one attached hydrogen (secondary N) is 2. The maximum atomic E-state index is 12.9. The molecule has 38 heavy (non-hydrogen) atoms. The first-order chi connectivity index (χ1) is 18.0. The Morgan fingerprint density at radius 3 is 2.45 bits per heavy atom. The minimum absolute atomic E-state index is 0.000254. The number of anilines is 3. The molecule has 1 aliphatic rings. The van der Waals surface area contributed by atoms with E-state index in [0.29, 0.717) is 43.1 Å². The number of aryl methyl sites for hydroxylation is 1. The normalized spacial score (nSPS) is 14.3. The second-order valence-electron chi connectivity index (χ2n) is 8.76. The number of sulfonamides is 1. The predicted octanol–water partition coefficient (Wildman–Crippen LogP) is 1.47. The lowest BCUT2D eigenvalue weighted by Gasteiger charge is -2.29. The van der Waals surface area contributed by atoms with Crippen LogP contribution in [0.25, 0.3) is 0 Å². The highest BCUT2D eigenvalue weighted by atomic mass is 32.2. The number of carboxylic acids is 1. The molecule has 0 radical (unpaired) electrons. The van der Waals surface area contributed by atoms with Gasteiger partial charge in [0.05, 0.1) is 28.8 Å². The van der Waals surface area contributed by atoms with Gasteiger partial charge in [0.1, 0.15) is 10.7 Å². The van der Waals surface area contributed by atoms with E-state index < -0.39 is 22.1 Å². The van der Waals surface area contributed by atoms with Crippen LogP contribution < -0.4 is 15.8 Å². The highest BCUT2D eigenvalue weighted by Crippen LogP contribution is 2.25. The number of amides is 1. The number of hydrogen-bond acceptors (Lipinski definition) is 11. The number of aliphatic hydroxyl groups excluding tert-OH is 1. The summed E-state index contributed by atoms with van der Waals surface area (Å²) in [7, 11) is -3.80. The number of carbonyl (C=O) groups is 2. The maximum absolute atomic E-state index is 12.9. The number of aromatic nitrogens is 3. The second-order valence-corrected chi connectivity index (χ2v) is 11.3. The molecular formula is C23H27N7O6S2. The molecule has 1 fully saturated rings. The molecule has 3 heterocycles. The molecule has 3 aromatic rings. The van der Waals surface area contributed by atoms with E-state index in [9.17, 15) is 28.2 Å². The number of carbonyl (C=O) groups excluding carboxylic acids is 1. The van der Waals surface area contributed by atoms with Crippen LogP contribution in [-0.4, -0.2) is 69.6 Å². The molecule has 4 rings (SSSR count). The van der Waals surface area contributed by atoms with E-state index in [1.807, 2.05) is 0 Å². The van der Waals surface area contributed by atoms with Gasteiger partial charge < -0.3 is 20.4 Å². The molecule has 13 nitrogen and oxygen atoms in total. The number of nitrogens with two attached hydrogens (primary N) is 1. The third-order valence-corrected chi connectivity index (χ3v) is 7.85. The molecule has 0 bridgehead atoms. The van der Waals surface area contributed by atoms with Gasteiger partial charge in [-0.05, 0) is 37.5 Å². The summed E-state index contributed by atoms with van der Waals surface area (Å²) in [5.41, 5.74) is 1.54. The van der Waals surface area contributed by atoms with Crippen molar-refractivity contribution in [2.45, 2.75) is 43.7 Å². The van der Waals surface area contributed by atoms with Crippen molar-refractivity contribution in [1.29, 1.82) is 0 Å². The minimum atomic E-state index is -3.80. The average Bonchev–Trinajstić information content (AvgIpc) is 3.22. The zero-order chi connectivity index (χ0) is 27.4. The van der Waals surface area contributed by atoms with Crippen LogP contribution in [0, 0.1) is 6.92 Å². The van der Waals surface area contributed by atoms with Crippen LogP contribution >= 0.6 is 11.3 Å². The van der Waals surface area contributed by atoms with Crippen LogP contribution in [0.3, 0.4) is 0 Å². The van der Waals surface area contributed by atoms with Crippen molar-refractivity contribution in [2.75, 3.05) is 23.7 Å². The van der Waals surface area contributed by atoms with Crippen LogP contribution in [-0.2, 0) is 27.8 Å². The Morgan fingerprint density at radius 1 is 1.16 bits per heavy atom. The number of hydrogen-bond donors (Lipinski definition) is 5. The zero-order valence-electron chi connectivity index (χ0n) is 20.4. The third-order valence-electron chi connectivity index (χ3n) is 5.86. The molecule has 1 aromatic carbocycles. The molecule has 0 spiro atoms. The van der Waals surface area contributed by atoms with Crippen molar-refractivity contribution in [3.8, 4) is 0 Å². The molecular weight excluding hydrogens is 534 g/mol. The second kappa shape index (κ2) is 11.4. The number of aliphatic hydroxyl groups is 1. The van der Waals surface area contributed by atoms with E-state index in [4.69, 9.17) is 5.14 Å². The lowest BCUT2D eigenvalue weighted by Crippen LogP contribution is -2.40. The van der Waals surface area contributed by atoms with Gasteiger partial charge in [0.2, 0.25) is 21.9 Å². The first-order valence-corrected chi connectivity index (χ1v) is 14.0. The molecule has 0 aliphatic carbocycles. The molecule has 0 atom stereocenters. The molecule has 1 aliphatic heterocycles. The zero-order valence-corrected chi connectivity index (χ0v) is 22.0. The van der Waals surface area contributed by atoms with Gasteiger partial charge in [-0.1, -0.05) is 23.5 Å². The largest absolute Gasteiger partial charge is 0.477 e. The van der Waals surface area contributed by atoms with E-state index >= 15 is 0 Å². The van der Waals surface area contributed by atoms with E-state index in [1.54, 1.807) is 30.0 Å². The maximum Gasteiger partial charge on any atom is 0.347 e. The summed E-state index contributed by atoms with van der Waals surface area (Å²) in [6.45, 7) is 2.81. The van der Waals surface area contributed by atoms with Gasteiger partial charge in [-0.15, -0.1) is 0 Å². The van der Waals surface area contributed by atoms with Gasteiger partial charge in [-0.2, -0.15) is 4.98 Å². The number of carboxylic acid groups (broad SMARTS) is 1. The van der Waals surface area contributed by atoms with Gasteiger partial charge >= 0.3 is 5.97 Å². The summed E-state index contributed by atoms with van der Waals surface area (Å²) in [5.74, 6) is -0.705. The lowest BCUT2D eigenvalue weighted by molar-refractivity contribution is -0.132. The number of aromatic carboxylic acids is 1. The number of likely N-dealkylation sites (tertiary alicyclic amines) is 1. The summed E-state index contributed by atoms with van der Waals surface area (Å²) in [5, 5.41) is 30.5. The van der Waals surface area contributed by atoms with Crippen LogP contribution in [0.15, 0.2) is 35.2 Å². The Kier molecular flexibility index (Phi) is 8.20. The summed E-state index contributed by atoms with van der Waals surface area (Å²) < 4.78 is 23.0. The number of rotatable bonds is 9. The molecule has 1 saturated heterocycles. The number of nitrogens with zero attached hydrogens (tertiary/aromatic N) is 4. The fourth-order valence-corrected chi connectivity index (χ4v) is 5.16. The quantitative estimate of drug-likeness (QED) is 0.253. The third kappa shape index (κ3) is 7.00. The van der Waals surface area contributed by atoms with Crippen molar-refractivity contribution in [2.24, 2.45) is 5.14 Å². The Morgan fingerprint density at radius 2 is 1.84 bits per heavy atom. The summed E-state index contributed by atoms with van der Waals surface area (Å²) in [6, 6.07) is 7.69. The number of thiazole rings is 1. The highest BCUT2D eigenvalue weighted by molar-refractivity contribution is 7.89. The topological polar surface area (TPSA) is 201 Å². The molecule has 202 valence electrons. The van der Waals surface area contributed by atoms with E-state index in [-0.39, 0.29) is 39.7 Å². The monoisotopic (exact) mass is 561 g/mol. The van der Waals surface area contributed by atoms with Crippen LogP contribution in [0.5, 0.6) is 0 Å². The summed E-state index contributed by atoms with van der Waals surface area (Å²) in [6.07, 6.45) is 0.646. The summed E-state index contributed by atoms with van der Waals surface area (Å²) in [4.78, 5) is 39.1. The van der Waals surface area contributed by atoms with E-state index in [2.05, 4.69) is 25.6 Å². The van der Waals surface area contributed by atoms with Gasteiger partial charge in [0.25, 0.3) is 0 Å². The minimum Gasteiger partial charge on any atom is -0.477 e. The van der Waals surface area contributed by atoms with Crippen LogP contribution in [0.1, 0.15) is 39.5 Å². The highest BCUT2D eigenvalue weighted by Gasteiger charge is 2.22. The van der Waals surface area contributed by atoms with Crippen molar-refractivity contribution in [1.82, 2.24) is 19.9 Å². The van der Waals surface area contributed by atoms with Crippen LogP contribution in [0.4, 0.5) is 16.9 Å². The Bertz CT molecular complexity index is 1430. The van der Waals surface area contributed by atoms with Gasteiger partial charge in [0.15, 0.2) is 5.13 Å². The number of piperidine rings is 1. The molecule has 1 amide bonds. The SMILES string of the molecule is Cc1nc(Nc2nc(CC(=O)N3CCC(O)CC3)cc(NCc3ccc(S(N)(=O)=O)cc3)n2)sc1C(=O)O. The number of benzene rings is 1. The van der Waals surface area contributed by atoms with E-state index in [0.717, 1.165) is 16.9 Å². The smallest absolute Gasteiger partial charge is 0.347 e. The van der Waals surface area contributed by atoms with Crippen molar-refractivity contribution < 1.29 is 28.2 Å². The molecule has 2 aromatic heterocycles. The van der Waals surface area contributed by atoms with Crippen molar-refractivity contribution in [3.63, 3.8) is 0 Å². The van der Waals surface area contributed by atoms with Gasteiger partial charge in [-0.25, -0.2) is 28.3 Å². The fourth-order valence-electron chi connectivity index (χ4n) is 3.85. The fraction of sp³-hybridized carbons (Fsp3) is 0.348. The molecule has 0 unspecified atom stereocenters. The first-order valence-electron chi connectivity index (χ1n) is 11.6. The van der Waals surface area contributed by atoms with E-state index in [1.165, 1.54) is 12.1 Å². The van der Waals surface area contributed by atoms with Crippen molar-refractivity contribution >= 4 is 50.1 Å². The standard InChI is InChI=1S/C23H27N7O6S2/c1-13-20(21(33)34)37-23(26-13)29-22-27-15(11-19(32)30-8-6-16(31)7-9-30)10-18(28-22)25-12-14-2-4-17(5-3-14)38(24,35)36/h2-5,10,16,31H,6-9,11-12H2,1H3,(H,33,34)(H2,24,35,36)(H2,25,26,27,28,29). The Labute approximate surface area is 222 Å².